The lowest BCUT2D eigenvalue weighted by molar-refractivity contribution is -0.123. The van der Waals surface area contributed by atoms with E-state index >= 15 is 0 Å². The first-order valence-corrected chi connectivity index (χ1v) is 6.20. The second-order valence-electron chi connectivity index (χ2n) is 4.48. The van der Waals surface area contributed by atoms with Crippen LogP contribution in [0.4, 0.5) is 0 Å². The molecule has 1 saturated carbocycles. The van der Waals surface area contributed by atoms with Crippen LogP contribution in [0.15, 0.2) is 0 Å². The van der Waals surface area contributed by atoms with Crippen molar-refractivity contribution < 1.29 is 14.6 Å². The molecule has 1 rings (SSSR count). The molecule has 4 heteroatoms. The number of hydrogen-bond acceptors (Lipinski definition) is 3. The van der Waals surface area contributed by atoms with Gasteiger partial charge >= 0.3 is 0 Å². The summed E-state index contributed by atoms with van der Waals surface area (Å²) in [6, 6.07) is -0.0244. The number of carbonyl (C=O) groups excluding carboxylic acids is 1. The number of ether oxygens (including phenoxy) is 1. The van der Waals surface area contributed by atoms with Crippen molar-refractivity contribution in [3.63, 3.8) is 0 Å². The second kappa shape index (κ2) is 7.63. The Hall–Kier alpha value is -0.610. The summed E-state index contributed by atoms with van der Waals surface area (Å²) in [5.74, 6) is 0.0575. The van der Waals surface area contributed by atoms with Crippen molar-refractivity contribution in [2.45, 2.75) is 57.1 Å². The van der Waals surface area contributed by atoms with E-state index in [0.29, 0.717) is 13.0 Å². The molecule has 1 fully saturated rings. The van der Waals surface area contributed by atoms with Crippen LogP contribution in [-0.4, -0.2) is 36.9 Å². The molecule has 1 aliphatic carbocycles. The lowest BCUT2D eigenvalue weighted by Gasteiger charge is -2.28. The van der Waals surface area contributed by atoms with Crippen molar-refractivity contribution in [1.82, 2.24) is 5.32 Å². The van der Waals surface area contributed by atoms with Crippen molar-refractivity contribution in [2.24, 2.45) is 0 Å². The zero-order valence-electron chi connectivity index (χ0n) is 10.1. The zero-order chi connectivity index (χ0) is 11.8. The first-order valence-electron chi connectivity index (χ1n) is 6.20. The monoisotopic (exact) mass is 229 g/mol. The number of unbranched alkanes of at least 4 members (excludes halogenated alkanes) is 1. The molecule has 0 aromatic carbocycles. The number of aliphatic hydroxyl groups excluding tert-OH is 1. The minimum absolute atomic E-state index is 0.0244. The van der Waals surface area contributed by atoms with Crippen LogP contribution in [0.25, 0.3) is 0 Å². The normalized spacial score (nSPS) is 25.4. The Labute approximate surface area is 97.4 Å². The molecule has 2 unspecified atom stereocenters. The zero-order valence-corrected chi connectivity index (χ0v) is 10.1. The third kappa shape index (κ3) is 4.94. The SMILES string of the molecule is COCCCCC(=O)NC1CCCCC1O. The maximum absolute atomic E-state index is 11.6. The van der Waals surface area contributed by atoms with Gasteiger partial charge in [0.2, 0.25) is 5.91 Å². The van der Waals surface area contributed by atoms with Crippen LogP contribution >= 0.6 is 0 Å². The van der Waals surface area contributed by atoms with Crippen LogP contribution in [0, 0.1) is 0 Å². The molecule has 0 aliphatic heterocycles. The lowest BCUT2D eigenvalue weighted by atomic mass is 9.92. The van der Waals surface area contributed by atoms with Gasteiger partial charge in [0.05, 0.1) is 12.1 Å². The van der Waals surface area contributed by atoms with E-state index < -0.39 is 0 Å². The van der Waals surface area contributed by atoms with E-state index in [1.807, 2.05) is 0 Å². The molecular formula is C12H23NO3. The molecule has 1 amide bonds. The standard InChI is InChI=1S/C12H23NO3/c1-16-9-5-4-8-12(15)13-10-6-2-3-7-11(10)14/h10-11,14H,2-9H2,1H3,(H,13,15). The van der Waals surface area contributed by atoms with Gasteiger partial charge in [0, 0.05) is 20.1 Å². The first kappa shape index (κ1) is 13.5. The quantitative estimate of drug-likeness (QED) is 0.673. The highest BCUT2D eigenvalue weighted by atomic mass is 16.5. The van der Waals surface area contributed by atoms with E-state index in [0.717, 1.165) is 38.5 Å². The molecule has 94 valence electrons. The summed E-state index contributed by atoms with van der Waals surface area (Å²) in [6.07, 6.45) is 5.84. The summed E-state index contributed by atoms with van der Waals surface area (Å²) in [5.41, 5.74) is 0. The molecular weight excluding hydrogens is 206 g/mol. The van der Waals surface area contributed by atoms with Crippen LogP contribution < -0.4 is 5.32 Å². The van der Waals surface area contributed by atoms with Crippen molar-refractivity contribution in [3.05, 3.63) is 0 Å². The van der Waals surface area contributed by atoms with Crippen LogP contribution in [0.2, 0.25) is 0 Å². The average Bonchev–Trinajstić information content (AvgIpc) is 2.28. The molecule has 0 aromatic heterocycles. The Bertz CT molecular complexity index is 208. The van der Waals surface area contributed by atoms with Gasteiger partial charge in [0.15, 0.2) is 0 Å². The fraction of sp³-hybridized carbons (Fsp3) is 0.917. The molecule has 16 heavy (non-hydrogen) atoms. The van der Waals surface area contributed by atoms with E-state index in [4.69, 9.17) is 4.74 Å². The van der Waals surface area contributed by atoms with Gasteiger partial charge in [-0.3, -0.25) is 4.79 Å². The summed E-state index contributed by atoms with van der Waals surface area (Å²) < 4.78 is 4.92. The number of methoxy groups -OCH3 is 1. The van der Waals surface area contributed by atoms with Gasteiger partial charge in [-0.15, -0.1) is 0 Å². The highest BCUT2D eigenvalue weighted by Crippen LogP contribution is 2.18. The predicted molar refractivity (Wildman–Crippen MR) is 62.1 cm³/mol. The van der Waals surface area contributed by atoms with Crippen LogP contribution in [0.3, 0.4) is 0 Å². The van der Waals surface area contributed by atoms with Crippen molar-refractivity contribution >= 4 is 5.91 Å². The molecule has 0 bridgehead atoms. The Kier molecular flexibility index (Phi) is 6.42. The van der Waals surface area contributed by atoms with Crippen molar-refractivity contribution in [3.8, 4) is 0 Å². The van der Waals surface area contributed by atoms with E-state index in [2.05, 4.69) is 5.32 Å². The molecule has 2 N–H and O–H groups in total. The fourth-order valence-corrected chi connectivity index (χ4v) is 2.09. The Morgan fingerprint density at radius 1 is 1.38 bits per heavy atom. The number of aliphatic hydroxyl groups is 1. The van der Waals surface area contributed by atoms with Gasteiger partial charge in [-0.05, 0) is 25.7 Å². The largest absolute Gasteiger partial charge is 0.391 e. The van der Waals surface area contributed by atoms with Gasteiger partial charge in [-0.25, -0.2) is 0 Å². The number of rotatable bonds is 6. The summed E-state index contributed by atoms with van der Waals surface area (Å²) in [7, 11) is 1.67. The van der Waals surface area contributed by atoms with E-state index in [1.165, 1.54) is 0 Å². The van der Waals surface area contributed by atoms with Gasteiger partial charge in [-0.2, -0.15) is 0 Å². The lowest BCUT2D eigenvalue weighted by Crippen LogP contribution is -2.44. The summed E-state index contributed by atoms with van der Waals surface area (Å²) in [6.45, 7) is 0.708. The number of hydrogen-bond donors (Lipinski definition) is 2. The fourth-order valence-electron chi connectivity index (χ4n) is 2.09. The van der Waals surface area contributed by atoms with Gasteiger partial charge in [0.1, 0.15) is 0 Å². The van der Waals surface area contributed by atoms with Gasteiger partial charge in [-0.1, -0.05) is 12.8 Å². The molecule has 0 aromatic rings. The van der Waals surface area contributed by atoms with Crippen molar-refractivity contribution in [2.75, 3.05) is 13.7 Å². The number of amides is 1. The maximum atomic E-state index is 11.6. The summed E-state index contributed by atoms with van der Waals surface area (Å²) >= 11 is 0. The maximum Gasteiger partial charge on any atom is 0.220 e. The minimum atomic E-state index is -0.350. The third-order valence-electron chi connectivity index (χ3n) is 3.08. The predicted octanol–water partition coefficient (Wildman–Crippen LogP) is 1.22. The van der Waals surface area contributed by atoms with Crippen LogP contribution in [0.1, 0.15) is 44.9 Å². The summed E-state index contributed by atoms with van der Waals surface area (Å²) in [5, 5.41) is 12.6. The highest BCUT2D eigenvalue weighted by molar-refractivity contribution is 5.76. The van der Waals surface area contributed by atoms with Crippen LogP contribution in [-0.2, 0) is 9.53 Å². The van der Waals surface area contributed by atoms with Gasteiger partial charge < -0.3 is 15.2 Å². The average molecular weight is 229 g/mol. The smallest absolute Gasteiger partial charge is 0.220 e. The molecule has 2 atom stereocenters. The van der Waals surface area contributed by atoms with E-state index in [9.17, 15) is 9.90 Å². The third-order valence-corrected chi connectivity index (χ3v) is 3.08. The number of nitrogens with one attached hydrogen (secondary N) is 1. The van der Waals surface area contributed by atoms with Gasteiger partial charge in [0.25, 0.3) is 0 Å². The van der Waals surface area contributed by atoms with E-state index in [1.54, 1.807) is 7.11 Å². The van der Waals surface area contributed by atoms with Crippen LogP contribution in [0.5, 0.6) is 0 Å². The van der Waals surface area contributed by atoms with E-state index in [-0.39, 0.29) is 18.1 Å². The molecule has 4 nitrogen and oxygen atoms in total. The Morgan fingerprint density at radius 3 is 2.81 bits per heavy atom. The minimum Gasteiger partial charge on any atom is -0.391 e. The molecule has 0 radical (unpaired) electrons. The summed E-state index contributed by atoms with van der Waals surface area (Å²) in [4.78, 5) is 11.6. The highest BCUT2D eigenvalue weighted by Gasteiger charge is 2.23. The Balaban J connectivity index is 2.12. The Morgan fingerprint density at radius 2 is 2.12 bits per heavy atom. The number of carbonyl (C=O) groups is 1. The molecule has 0 spiro atoms. The topological polar surface area (TPSA) is 58.6 Å². The van der Waals surface area contributed by atoms with Crippen molar-refractivity contribution in [1.29, 1.82) is 0 Å². The second-order valence-corrected chi connectivity index (χ2v) is 4.48. The molecule has 0 saturated heterocycles. The first-order chi connectivity index (χ1) is 7.74. The molecule has 1 aliphatic rings. The molecule has 0 heterocycles.